The molecule has 2 aromatic rings. The van der Waals surface area contributed by atoms with Gasteiger partial charge in [-0.2, -0.15) is 0 Å². The summed E-state index contributed by atoms with van der Waals surface area (Å²) in [7, 11) is 0. The fourth-order valence-corrected chi connectivity index (χ4v) is 2.23. The van der Waals surface area contributed by atoms with E-state index in [9.17, 15) is 14.0 Å². The lowest BCUT2D eigenvalue weighted by molar-refractivity contribution is -0.123. The molecule has 0 radical (unpaired) electrons. The van der Waals surface area contributed by atoms with E-state index in [0.29, 0.717) is 12.1 Å². The van der Waals surface area contributed by atoms with Crippen LogP contribution in [0.2, 0.25) is 5.02 Å². The third kappa shape index (κ3) is 7.45. The molecule has 1 heterocycles. The molecule has 0 aliphatic heterocycles. The zero-order valence-electron chi connectivity index (χ0n) is 14.5. The summed E-state index contributed by atoms with van der Waals surface area (Å²) >= 11 is 5.57. The first-order chi connectivity index (χ1) is 12.9. The van der Waals surface area contributed by atoms with Gasteiger partial charge in [0.25, 0.3) is 5.91 Å². The zero-order chi connectivity index (χ0) is 19.6. The Morgan fingerprint density at radius 3 is 2.78 bits per heavy atom. The highest BCUT2D eigenvalue weighted by Gasteiger charge is 2.07. The van der Waals surface area contributed by atoms with Crippen molar-refractivity contribution >= 4 is 23.4 Å². The Morgan fingerprint density at radius 2 is 2.07 bits per heavy atom. The van der Waals surface area contributed by atoms with E-state index >= 15 is 0 Å². The van der Waals surface area contributed by atoms with Gasteiger partial charge in [-0.25, -0.2) is 4.39 Å². The van der Waals surface area contributed by atoms with Crippen LogP contribution in [-0.2, 0) is 16.0 Å². The number of nitrogens with zero attached hydrogens (tertiary/aromatic N) is 1. The minimum Gasteiger partial charge on any atom is -0.484 e. The van der Waals surface area contributed by atoms with Gasteiger partial charge in [0.2, 0.25) is 5.91 Å². The lowest BCUT2D eigenvalue weighted by Crippen LogP contribution is -2.32. The molecule has 2 amide bonds. The van der Waals surface area contributed by atoms with Crippen molar-refractivity contribution in [2.45, 2.75) is 12.8 Å². The first-order valence-electron chi connectivity index (χ1n) is 8.15. The van der Waals surface area contributed by atoms with E-state index in [2.05, 4.69) is 22.2 Å². The number of halogens is 2. The predicted molar refractivity (Wildman–Crippen MR) is 99.8 cm³/mol. The van der Waals surface area contributed by atoms with Crippen molar-refractivity contribution in [3.05, 3.63) is 71.4 Å². The van der Waals surface area contributed by atoms with Crippen LogP contribution in [0.3, 0.4) is 0 Å². The summed E-state index contributed by atoms with van der Waals surface area (Å²) in [5, 5.41) is 5.28. The van der Waals surface area contributed by atoms with Gasteiger partial charge in [0.05, 0.1) is 11.4 Å². The molecule has 1 aromatic carbocycles. The standard InChI is InChI=1S/C19H19ClFN3O3/c1-13(24-18(25)9-14-3-2-7-22-11-14)6-8-23-19(26)12-27-15-4-5-16(20)17(21)10-15/h2-5,7,10-11H,1,6,8-9,12H2,(H,23,26)(H,24,25). The first kappa shape index (κ1) is 20.4. The second-order valence-electron chi connectivity index (χ2n) is 5.65. The minimum absolute atomic E-state index is 0.0177. The fraction of sp³-hybridized carbons (Fsp3) is 0.211. The van der Waals surface area contributed by atoms with Crippen LogP contribution in [0.4, 0.5) is 4.39 Å². The van der Waals surface area contributed by atoms with Gasteiger partial charge in [-0.1, -0.05) is 24.2 Å². The number of rotatable bonds is 9. The van der Waals surface area contributed by atoms with Crippen molar-refractivity contribution < 1.29 is 18.7 Å². The summed E-state index contributed by atoms with van der Waals surface area (Å²) in [6, 6.07) is 7.49. The number of hydrogen-bond acceptors (Lipinski definition) is 4. The molecule has 0 aliphatic rings. The quantitative estimate of drug-likeness (QED) is 0.688. The van der Waals surface area contributed by atoms with E-state index in [4.69, 9.17) is 16.3 Å². The van der Waals surface area contributed by atoms with E-state index in [0.717, 1.165) is 11.6 Å². The zero-order valence-corrected chi connectivity index (χ0v) is 15.3. The first-order valence-corrected chi connectivity index (χ1v) is 8.53. The summed E-state index contributed by atoms with van der Waals surface area (Å²) in [5.41, 5.74) is 1.29. The molecule has 2 rings (SSSR count). The maximum Gasteiger partial charge on any atom is 0.257 e. The Morgan fingerprint density at radius 1 is 1.26 bits per heavy atom. The van der Waals surface area contributed by atoms with Gasteiger partial charge >= 0.3 is 0 Å². The van der Waals surface area contributed by atoms with Crippen LogP contribution < -0.4 is 15.4 Å². The van der Waals surface area contributed by atoms with Crippen molar-refractivity contribution in [1.29, 1.82) is 0 Å². The number of hydrogen-bond donors (Lipinski definition) is 2. The van der Waals surface area contributed by atoms with Crippen LogP contribution in [0, 0.1) is 5.82 Å². The number of pyridine rings is 1. The molecule has 8 heteroatoms. The molecule has 0 bridgehead atoms. The smallest absolute Gasteiger partial charge is 0.257 e. The SMILES string of the molecule is C=C(CCNC(=O)COc1ccc(Cl)c(F)c1)NC(=O)Cc1cccnc1. The molecule has 1 aromatic heterocycles. The summed E-state index contributed by atoms with van der Waals surface area (Å²) in [6.07, 6.45) is 3.83. The number of benzene rings is 1. The van der Waals surface area contributed by atoms with Gasteiger partial charge < -0.3 is 15.4 Å². The molecule has 0 fully saturated rings. The monoisotopic (exact) mass is 391 g/mol. The van der Waals surface area contributed by atoms with Crippen molar-refractivity contribution in [3.8, 4) is 5.75 Å². The number of ether oxygens (including phenoxy) is 1. The molecular formula is C19H19ClFN3O3. The van der Waals surface area contributed by atoms with E-state index in [-0.39, 0.29) is 42.2 Å². The van der Waals surface area contributed by atoms with Crippen molar-refractivity contribution in [1.82, 2.24) is 15.6 Å². The van der Waals surface area contributed by atoms with E-state index in [1.165, 1.54) is 12.1 Å². The van der Waals surface area contributed by atoms with Gasteiger partial charge in [-0.15, -0.1) is 0 Å². The van der Waals surface area contributed by atoms with Crippen molar-refractivity contribution in [2.75, 3.05) is 13.2 Å². The molecule has 0 atom stereocenters. The van der Waals surface area contributed by atoms with E-state index < -0.39 is 5.82 Å². The van der Waals surface area contributed by atoms with Crippen LogP contribution >= 0.6 is 11.6 Å². The van der Waals surface area contributed by atoms with Gasteiger partial charge in [-0.3, -0.25) is 14.6 Å². The third-order valence-electron chi connectivity index (χ3n) is 3.41. The van der Waals surface area contributed by atoms with Gasteiger partial charge in [0.15, 0.2) is 6.61 Å². The van der Waals surface area contributed by atoms with E-state index in [1.54, 1.807) is 18.5 Å². The lowest BCUT2D eigenvalue weighted by atomic mass is 10.2. The molecule has 0 saturated heterocycles. The highest BCUT2D eigenvalue weighted by Crippen LogP contribution is 2.20. The van der Waals surface area contributed by atoms with Crippen molar-refractivity contribution in [2.24, 2.45) is 0 Å². The number of nitrogens with one attached hydrogen (secondary N) is 2. The Hall–Kier alpha value is -2.93. The fourth-order valence-electron chi connectivity index (χ4n) is 2.11. The molecule has 0 unspecified atom stereocenters. The molecule has 0 saturated carbocycles. The minimum atomic E-state index is -0.618. The van der Waals surface area contributed by atoms with E-state index in [1.807, 2.05) is 6.07 Å². The summed E-state index contributed by atoms with van der Waals surface area (Å²) in [5.74, 6) is -0.987. The molecule has 2 N–H and O–H groups in total. The lowest BCUT2D eigenvalue weighted by Gasteiger charge is -2.10. The van der Waals surface area contributed by atoms with Crippen LogP contribution in [0.5, 0.6) is 5.75 Å². The van der Waals surface area contributed by atoms with Crippen molar-refractivity contribution in [3.63, 3.8) is 0 Å². The highest BCUT2D eigenvalue weighted by atomic mass is 35.5. The molecule has 6 nitrogen and oxygen atoms in total. The van der Waals surface area contributed by atoms with Crippen LogP contribution in [0.1, 0.15) is 12.0 Å². The average Bonchev–Trinajstić information content (AvgIpc) is 2.63. The normalized spacial score (nSPS) is 10.1. The van der Waals surface area contributed by atoms with Gasteiger partial charge in [0, 0.05) is 37.1 Å². The van der Waals surface area contributed by atoms with Gasteiger partial charge in [0.1, 0.15) is 11.6 Å². The Bertz CT molecular complexity index is 815. The van der Waals surface area contributed by atoms with Crippen LogP contribution in [-0.4, -0.2) is 29.9 Å². The Labute approximate surface area is 161 Å². The number of carbonyl (C=O) groups is 2. The number of carbonyl (C=O) groups excluding carboxylic acids is 2. The molecule has 0 aliphatic carbocycles. The Balaban J connectivity index is 1.63. The maximum atomic E-state index is 13.3. The molecule has 27 heavy (non-hydrogen) atoms. The summed E-state index contributed by atoms with van der Waals surface area (Å²) in [4.78, 5) is 27.6. The Kier molecular flexibility index (Phi) is 7.76. The topological polar surface area (TPSA) is 80.3 Å². The maximum absolute atomic E-state index is 13.3. The highest BCUT2D eigenvalue weighted by molar-refractivity contribution is 6.30. The second-order valence-corrected chi connectivity index (χ2v) is 6.06. The third-order valence-corrected chi connectivity index (χ3v) is 3.72. The van der Waals surface area contributed by atoms with Crippen LogP contribution in [0.15, 0.2) is 55.0 Å². The van der Waals surface area contributed by atoms with Crippen LogP contribution in [0.25, 0.3) is 0 Å². The summed E-state index contributed by atoms with van der Waals surface area (Å²) in [6.45, 7) is 3.78. The largest absolute Gasteiger partial charge is 0.484 e. The molecule has 142 valence electrons. The average molecular weight is 392 g/mol. The molecule has 0 spiro atoms. The summed E-state index contributed by atoms with van der Waals surface area (Å²) < 4.78 is 18.5. The number of aromatic nitrogens is 1. The predicted octanol–water partition coefficient (Wildman–Crippen LogP) is 2.63. The second kappa shape index (κ2) is 10.3. The molecular weight excluding hydrogens is 373 g/mol. The van der Waals surface area contributed by atoms with Gasteiger partial charge in [-0.05, 0) is 23.8 Å². The number of amides is 2.